The van der Waals surface area contributed by atoms with Crippen molar-refractivity contribution in [2.24, 2.45) is 5.92 Å². The van der Waals surface area contributed by atoms with Crippen LogP contribution in [0.25, 0.3) is 0 Å². The Bertz CT molecular complexity index is 562. The molecule has 2 aliphatic carbocycles. The Morgan fingerprint density at radius 2 is 1.81 bits per heavy atom. The van der Waals surface area contributed by atoms with Crippen molar-refractivity contribution in [2.45, 2.75) is 57.4 Å². The van der Waals surface area contributed by atoms with E-state index in [1.54, 1.807) is 10.8 Å². The summed E-state index contributed by atoms with van der Waals surface area (Å²) in [5, 5.41) is 2.13. The summed E-state index contributed by atoms with van der Waals surface area (Å²) in [5.74, 6) is 2.63. The maximum absolute atomic E-state index is 2.58. The number of hydrogen-bond acceptors (Lipinski definition) is 0. The Morgan fingerprint density at radius 3 is 2.46 bits per heavy atom. The quantitative estimate of drug-likeness (QED) is 0.228. The van der Waals surface area contributed by atoms with E-state index in [-0.39, 0.29) is 68.5 Å². The van der Waals surface area contributed by atoms with E-state index in [0.29, 0.717) is 5.04 Å². The van der Waals surface area contributed by atoms with Gasteiger partial charge in [0.05, 0.1) is 0 Å². The van der Waals surface area contributed by atoms with Gasteiger partial charge in [0.25, 0.3) is 0 Å². The van der Waals surface area contributed by atoms with Crippen LogP contribution in [-0.4, -0.2) is 9.52 Å². The van der Waals surface area contributed by atoms with Crippen molar-refractivity contribution < 1.29 is 58.9 Å². The first-order valence-corrected chi connectivity index (χ1v) is 10.4. The van der Waals surface area contributed by atoms with Gasteiger partial charge in [-0.05, 0) is 12.3 Å². The van der Waals surface area contributed by atoms with Gasteiger partial charge < -0.3 is 37.2 Å². The number of benzene rings is 1. The van der Waals surface area contributed by atoms with Gasteiger partial charge in [-0.2, -0.15) is 0 Å². The Morgan fingerprint density at radius 1 is 1.12 bits per heavy atom. The van der Waals surface area contributed by atoms with Gasteiger partial charge >= 0.3 is 21.7 Å². The molecule has 0 N–H and O–H groups in total. The smallest absolute Gasteiger partial charge is 1.00 e. The fourth-order valence-corrected chi connectivity index (χ4v) is 6.95. The zero-order chi connectivity index (χ0) is 15.4. The topological polar surface area (TPSA) is 0 Å². The number of hydrogen-bond donors (Lipinski definition) is 0. The summed E-state index contributed by atoms with van der Waals surface area (Å²) in [5.41, 5.74) is 1.71. The fourth-order valence-electron chi connectivity index (χ4n) is 4.46. The molecule has 3 rings (SSSR count). The molecule has 0 heterocycles. The van der Waals surface area contributed by atoms with Crippen molar-refractivity contribution in [3.8, 4) is 0 Å². The monoisotopic (exact) mass is 462 g/mol. The molecule has 142 valence electrons. The van der Waals surface area contributed by atoms with Crippen LogP contribution in [0.3, 0.4) is 0 Å². The largest absolute Gasteiger partial charge is 4.00 e. The van der Waals surface area contributed by atoms with Crippen LogP contribution in [0.5, 0.6) is 0 Å². The minimum absolute atomic E-state index is 0. The Balaban J connectivity index is 0. The molecule has 0 amide bonds. The van der Waals surface area contributed by atoms with E-state index in [0.717, 1.165) is 5.92 Å². The molecule has 0 aromatic heterocycles. The van der Waals surface area contributed by atoms with Gasteiger partial charge in [0.15, 0.2) is 0 Å². The standard InChI is InChI=1S/C21H29Si.3ClH.Ti/c1-3-4-6-15-20-19-14-10-9-11-17(19)16-21(20,2)22-18-12-7-5-8-13-18;;;;/h5,7-10,12-14,17H,3-4,6,11,15-16,22H2,1-2H3;3*1H;/q-1;;;;+4/p-3. The number of allylic oxidation sites excluding steroid dienone is 4. The third kappa shape index (κ3) is 6.76. The molecule has 0 bridgehead atoms. The third-order valence-corrected chi connectivity index (χ3v) is 7.89. The van der Waals surface area contributed by atoms with Crippen molar-refractivity contribution in [2.75, 3.05) is 0 Å². The van der Waals surface area contributed by atoms with E-state index >= 15 is 0 Å². The first kappa shape index (κ1) is 28.6. The predicted octanol–water partition coefficient (Wildman–Crippen LogP) is -4.27. The molecular formula is C21H29Cl3SiTi. The van der Waals surface area contributed by atoms with Crippen molar-refractivity contribution in [1.82, 2.24) is 0 Å². The van der Waals surface area contributed by atoms with Crippen LogP contribution in [-0.2, 0) is 21.7 Å². The van der Waals surface area contributed by atoms with E-state index in [4.69, 9.17) is 0 Å². The summed E-state index contributed by atoms with van der Waals surface area (Å²) in [7, 11) is -0.273. The van der Waals surface area contributed by atoms with Gasteiger partial charge in [0, 0.05) is 9.52 Å². The van der Waals surface area contributed by atoms with E-state index < -0.39 is 0 Å². The maximum Gasteiger partial charge on any atom is 4.00 e. The van der Waals surface area contributed by atoms with Crippen LogP contribution < -0.4 is 42.4 Å². The molecule has 0 saturated heterocycles. The molecule has 0 spiro atoms. The van der Waals surface area contributed by atoms with Crippen molar-refractivity contribution in [1.29, 1.82) is 0 Å². The fraction of sp³-hybridized carbons (Fsp3) is 0.476. The molecule has 1 fully saturated rings. The van der Waals surface area contributed by atoms with Crippen LogP contribution in [0.4, 0.5) is 0 Å². The van der Waals surface area contributed by atoms with Gasteiger partial charge in [-0.1, -0.05) is 86.5 Å². The predicted molar refractivity (Wildman–Crippen MR) is 100 cm³/mol. The van der Waals surface area contributed by atoms with Crippen molar-refractivity contribution in [3.05, 3.63) is 60.1 Å². The molecular weight excluding hydrogens is 435 g/mol. The first-order chi connectivity index (χ1) is 10.7. The van der Waals surface area contributed by atoms with Crippen LogP contribution >= 0.6 is 0 Å². The molecule has 2 unspecified atom stereocenters. The van der Waals surface area contributed by atoms with Gasteiger partial charge in [-0.3, -0.25) is 0 Å². The minimum atomic E-state index is -0.273. The second-order valence-corrected chi connectivity index (χ2v) is 10.1. The average Bonchev–Trinajstić information content (AvgIpc) is 2.80. The van der Waals surface area contributed by atoms with Crippen LogP contribution in [0, 0.1) is 11.8 Å². The van der Waals surface area contributed by atoms with Crippen molar-refractivity contribution in [3.63, 3.8) is 0 Å². The molecule has 0 aliphatic heterocycles. The zero-order valence-electron chi connectivity index (χ0n) is 15.8. The number of halogens is 3. The molecule has 2 aliphatic rings. The molecule has 1 saturated carbocycles. The van der Waals surface area contributed by atoms with Crippen LogP contribution in [0.15, 0.2) is 54.1 Å². The normalized spacial score (nSPS) is 23.2. The number of rotatable bonds is 6. The van der Waals surface area contributed by atoms with Gasteiger partial charge in [-0.15, -0.1) is 12.2 Å². The summed E-state index contributed by atoms with van der Waals surface area (Å²) in [6.07, 6.45) is 15.2. The Kier molecular flexibility index (Phi) is 14.9. The van der Waals surface area contributed by atoms with E-state index in [9.17, 15) is 0 Å². The van der Waals surface area contributed by atoms with E-state index in [1.165, 1.54) is 38.5 Å². The molecule has 0 radical (unpaired) electrons. The van der Waals surface area contributed by atoms with Crippen LogP contribution in [0.1, 0.15) is 52.4 Å². The van der Waals surface area contributed by atoms with Gasteiger partial charge in [0.2, 0.25) is 0 Å². The van der Waals surface area contributed by atoms with Gasteiger partial charge in [0.1, 0.15) is 0 Å². The number of fused-ring (bicyclic) bond motifs is 1. The van der Waals surface area contributed by atoms with E-state index in [2.05, 4.69) is 62.4 Å². The third-order valence-electron chi connectivity index (χ3n) is 5.51. The Hall–Kier alpha value is 0.371. The summed E-state index contributed by atoms with van der Waals surface area (Å²) in [6, 6.07) is 11.3. The maximum atomic E-state index is 2.58. The summed E-state index contributed by atoms with van der Waals surface area (Å²) < 4.78 is 0. The summed E-state index contributed by atoms with van der Waals surface area (Å²) in [4.78, 5) is 0. The minimum Gasteiger partial charge on any atom is -1.00 e. The summed E-state index contributed by atoms with van der Waals surface area (Å²) in [6.45, 7) is 4.88. The molecule has 2 atom stereocenters. The SMILES string of the molecule is CCCCC[C-]1C2=CC=CCC2CC1(C)[SiH2]c1ccccc1.[Cl-].[Cl-].[Cl-].[Ti+4]. The molecule has 1 aromatic carbocycles. The summed E-state index contributed by atoms with van der Waals surface area (Å²) >= 11 is 0. The van der Waals surface area contributed by atoms with Crippen molar-refractivity contribution >= 4 is 14.7 Å². The zero-order valence-corrected chi connectivity index (χ0v) is 21.0. The van der Waals surface area contributed by atoms with Gasteiger partial charge in [-0.25, -0.2) is 17.6 Å². The second kappa shape index (κ2) is 13.5. The Labute approximate surface area is 196 Å². The van der Waals surface area contributed by atoms with Crippen LogP contribution in [0.2, 0.25) is 5.04 Å². The van der Waals surface area contributed by atoms with E-state index in [1.807, 2.05) is 5.92 Å². The number of unbranched alkanes of at least 4 members (excludes halogenated alkanes) is 2. The molecule has 1 aromatic rings. The second-order valence-electron chi connectivity index (χ2n) is 7.35. The molecule has 5 heteroatoms. The average molecular weight is 464 g/mol. The first-order valence-electron chi connectivity index (χ1n) is 9.00. The molecule has 0 nitrogen and oxygen atoms in total. The molecule has 26 heavy (non-hydrogen) atoms.